The lowest BCUT2D eigenvalue weighted by molar-refractivity contribution is 0.0369. The van der Waals surface area contributed by atoms with Crippen LogP contribution in [0, 0.1) is 0 Å². The van der Waals surface area contributed by atoms with E-state index in [0.29, 0.717) is 17.9 Å². The normalized spacial score (nSPS) is 22.0. The number of aryl methyl sites for hydroxylation is 2. The monoisotopic (exact) mass is 339 g/mol. The minimum absolute atomic E-state index is 0.123. The summed E-state index contributed by atoms with van der Waals surface area (Å²) in [6.07, 6.45) is 6.45. The number of fused-ring (bicyclic) bond motifs is 1. The summed E-state index contributed by atoms with van der Waals surface area (Å²) in [6, 6.07) is 7.95. The van der Waals surface area contributed by atoms with Gasteiger partial charge in [-0.25, -0.2) is 0 Å². The van der Waals surface area contributed by atoms with Gasteiger partial charge in [-0.05, 0) is 43.2 Å². The van der Waals surface area contributed by atoms with Crippen LogP contribution < -0.4 is 5.32 Å². The Morgan fingerprint density at radius 1 is 1.40 bits per heavy atom. The molecule has 2 aromatic rings. The second-order valence-corrected chi connectivity index (χ2v) is 7.31. The third-order valence-corrected chi connectivity index (χ3v) is 5.39. The maximum atomic E-state index is 12.8. The minimum Gasteiger partial charge on any atom is -0.383 e. The van der Waals surface area contributed by atoms with E-state index >= 15 is 0 Å². The standard InChI is InChI=1S/C20H25N3O2/c1-2-11-23-18(15-7-8-15)16(12-22-23)19(24)21-13-20(25)10-9-14-5-3-4-6-17(14)20/h3-6,12,15,25H,2,7-11,13H2,1H3,(H,21,24). The second-order valence-electron chi connectivity index (χ2n) is 7.31. The summed E-state index contributed by atoms with van der Waals surface area (Å²) in [5.74, 6) is 0.340. The highest BCUT2D eigenvalue weighted by atomic mass is 16.3. The van der Waals surface area contributed by atoms with Crippen LogP contribution in [0.1, 0.15) is 65.7 Å². The Balaban J connectivity index is 1.50. The van der Waals surface area contributed by atoms with Crippen molar-refractivity contribution in [3.8, 4) is 0 Å². The van der Waals surface area contributed by atoms with E-state index in [1.165, 1.54) is 5.56 Å². The summed E-state index contributed by atoms with van der Waals surface area (Å²) in [5.41, 5.74) is 2.89. The quantitative estimate of drug-likeness (QED) is 0.850. The number of hydrogen-bond acceptors (Lipinski definition) is 3. The Morgan fingerprint density at radius 3 is 2.96 bits per heavy atom. The highest BCUT2D eigenvalue weighted by Gasteiger charge is 2.37. The maximum Gasteiger partial charge on any atom is 0.254 e. The molecule has 1 atom stereocenters. The van der Waals surface area contributed by atoms with E-state index in [0.717, 1.165) is 43.5 Å². The number of carbonyl (C=O) groups is 1. The van der Waals surface area contributed by atoms with Gasteiger partial charge in [0.1, 0.15) is 5.60 Å². The fourth-order valence-corrected chi connectivity index (χ4v) is 3.92. The molecule has 1 heterocycles. The van der Waals surface area contributed by atoms with Gasteiger partial charge in [0, 0.05) is 12.5 Å². The SMILES string of the molecule is CCCn1ncc(C(=O)NCC2(O)CCc3ccccc32)c1C1CC1. The van der Waals surface area contributed by atoms with Crippen molar-refractivity contribution >= 4 is 5.91 Å². The molecule has 1 fully saturated rings. The molecule has 1 saturated carbocycles. The van der Waals surface area contributed by atoms with E-state index in [2.05, 4.69) is 23.4 Å². The first kappa shape index (κ1) is 16.3. The molecule has 0 saturated heterocycles. The van der Waals surface area contributed by atoms with Gasteiger partial charge in [0.25, 0.3) is 5.91 Å². The number of hydrogen-bond donors (Lipinski definition) is 2. The molecule has 132 valence electrons. The van der Waals surface area contributed by atoms with Crippen molar-refractivity contribution in [2.45, 2.75) is 57.1 Å². The molecule has 5 nitrogen and oxygen atoms in total. The van der Waals surface area contributed by atoms with Crippen LogP contribution in [0.25, 0.3) is 0 Å². The summed E-state index contributed by atoms with van der Waals surface area (Å²) in [4.78, 5) is 12.8. The van der Waals surface area contributed by atoms with Crippen LogP contribution in [0.3, 0.4) is 0 Å². The zero-order chi connectivity index (χ0) is 17.4. The molecular weight excluding hydrogens is 314 g/mol. The van der Waals surface area contributed by atoms with Crippen molar-refractivity contribution in [1.82, 2.24) is 15.1 Å². The molecule has 2 aliphatic carbocycles. The molecule has 0 aliphatic heterocycles. The molecule has 1 amide bonds. The van der Waals surface area contributed by atoms with Crippen LogP contribution in [0.5, 0.6) is 0 Å². The van der Waals surface area contributed by atoms with E-state index in [-0.39, 0.29) is 12.5 Å². The predicted molar refractivity (Wildman–Crippen MR) is 95.5 cm³/mol. The Kier molecular flexibility index (Phi) is 4.12. The predicted octanol–water partition coefficient (Wildman–Crippen LogP) is 2.73. The van der Waals surface area contributed by atoms with E-state index in [1.807, 2.05) is 22.9 Å². The first-order valence-corrected chi connectivity index (χ1v) is 9.27. The van der Waals surface area contributed by atoms with E-state index < -0.39 is 5.60 Å². The van der Waals surface area contributed by atoms with E-state index in [4.69, 9.17) is 0 Å². The molecule has 2 aliphatic rings. The molecule has 0 bridgehead atoms. The van der Waals surface area contributed by atoms with Crippen LogP contribution in [0.2, 0.25) is 0 Å². The fraction of sp³-hybridized carbons (Fsp3) is 0.500. The number of nitrogens with one attached hydrogen (secondary N) is 1. The summed E-state index contributed by atoms with van der Waals surface area (Å²) >= 11 is 0. The highest BCUT2D eigenvalue weighted by molar-refractivity contribution is 5.95. The zero-order valence-electron chi connectivity index (χ0n) is 14.7. The molecule has 0 radical (unpaired) electrons. The summed E-state index contributed by atoms with van der Waals surface area (Å²) < 4.78 is 1.98. The third kappa shape index (κ3) is 2.97. The lowest BCUT2D eigenvalue weighted by Gasteiger charge is -2.24. The Morgan fingerprint density at radius 2 is 2.20 bits per heavy atom. The zero-order valence-corrected chi connectivity index (χ0v) is 14.7. The van der Waals surface area contributed by atoms with Gasteiger partial charge in [-0.2, -0.15) is 5.10 Å². The number of carbonyl (C=O) groups excluding carboxylic acids is 1. The minimum atomic E-state index is -0.967. The van der Waals surface area contributed by atoms with E-state index in [1.54, 1.807) is 6.20 Å². The van der Waals surface area contributed by atoms with Gasteiger partial charge in [0.2, 0.25) is 0 Å². The third-order valence-electron chi connectivity index (χ3n) is 5.39. The molecule has 25 heavy (non-hydrogen) atoms. The number of nitrogens with zero attached hydrogens (tertiary/aromatic N) is 2. The van der Waals surface area contributed by atoms with Crippen LogP contribution in [0.4, 0.5) is 0 Å². The van der Waals surface area contributed by atoms with Crippen molar-refractivity contribution in [3.63, 3.8) is 0 Å². The number of benzene rings is 1. The second kappa shape index (κ2) is 6.30. The number of amides is 1. The van der Waals surface area contributed by atoms with Crippen molar-refractivity contribution in [2.75, 3.05) is 6.54 Å². The molecule has 4 rings (SSSR count). The topological polar surface area (TPSA) is 67.2 Å². The van der Waals surface area contributed by atoms with Gasteiger partial charge in [-0.15, -0.1) is 0 Å². The van der Waals surface area contributed by atoms with Crippen molar-refractivity contribution < 1.29 is 9.90 Å². The molecule has 1 unspecified atom stereocenters. The molecular formula is C20H25N3O2. The average Bonchev–Trinajstić information content (AvgIpc) is 3.29. The van der Waals surface area contributed by atoms with Crippen LogP contribution >= 0.6 is 0 Å². The number of aliphatic hydroxyl groups is 1. The van der Waals surface area contributed by atoms with Crippen molar-refractivity contribution in [1.29, 1.82) is 0 Å². The van der Waals surface area contributed by atoms with Crippen LogP contribution in [0.15, 0.2) is 30.5 Å². The Bertz CT molecular complexity index is 794. The maximum absolute atomic E-state index is 12.8. The van der Waals surface area contributed by atoms with Crippen molar-refractivity contribution in [3.05, 3.63) is 52.8 Å². The first-order chi connectivity index (χ1) is 12.1. The lowest BCUT2D eigenvalue weighted by atomic mass is 9.96. The smallest absolute Gasteiger partial charge is 0.254 e. The number of aromatic nitrogens is 2. The molecule has 1 aromatic heterocycles. The van der Waals surface area contributed by atoms with Gasteiger partial charge >= 0.3 is 0 Å². The van der Waals surface area contributed by atoms with Gasteiger partial charge in [0.15, 0.2) is 0 Å². The lowest BCUT2D eigenvalue weighted by Crippen LogP contribution is -2.39. The molecule has 0 spiro atoms. The van der Waals surface area contributed by atoms with Gasteiger partial charge in [-0.3, -0.25) is 9.48 Å². The molecule has 2 N–H and O–H groups in total. The summed E-state index contributed by atoms with van der Waals surface area (Å²) in [7, 11) is 0. The molecule has 5 heteroatoms. The Hall–Kier alpha value is -2.14. The largest absolute Gasteiger partial charge is 0.383 e. The summed E-state index contributed by atoms with van der Waals surface area (Å²) in [5, 5.41) is 18.4. The Labute approximate surface area is 148 Å². The van der Waals surface area contributed by atoms with Gasteiger partial charge < -0.3 is 10.4 Å². The first-order valence-electron chi connectivity index (χ1n) is 9.27. The molecule has 1 aromatic carbocycles. The summed E-state index contributed by atoms with van der Waals surface area (Å²) in [6.45, 7) is 3.20. The van der Waals surface area contributed by atoms with Gasteiger partial charge in [0.05, 0.1) is 24.0 Å². The highest BCUT2D eigenvalue weighted by Crippen LogP contribution is 2.42. The van der Waals surface area contributed by atoms with Gasteiger partial charge in [-0.1, -0.05) is 31.2 Å². The van der Waals surface area contributed by atoms with Crippen LogP contribution in [-0.4, -0.2) is 27.3 Å². The fourth-order valence-electron chi connectivity index (χ4n) is 3.92. The van der Waals surface area contributed by atoms with Crippen LogP contribution in [-0.2, 0) is 18.6 Å². The number of rotatable bonds is 6. The van der Waals surface area contributed by atoms with Crippen molar-refractivity contribution in [2.24, 2.45) is 0 Å². The van der Waals surface area contributed by atoms with E-state index in [9.17, 15) is 9.90 Å². The average molecular weight is 339 g/mol.